The van der Waals surface area contributed by atoms with Crippen molar-refractivity contribution in [2.45, 2.75) is 57.8 Å². The van der Waals surface area contributed by atoms with Crippen molar-refractivity contribution in [3.05, 3.63) is 228 Å². The lowest BCUT2D eigenvalue weighted by Crippen LogP contribution is -2.16. The van der Waals surface area contributed by atoms with Crippen LogP contribution in [0.2, 0.25) is 0 Å². The van der Waals surface area contributed by atoms with Gasteiger partial charge in [0.1, 0.15) is 51.3 Å². The normalized spacial score (nSPS) is 12.2. The summed E-state index contributed by atoms with van der Waals surface area (Å²) in [5.41, 5.74) is 1.90. The molecule has 69 heavy (non-hydrogen) atoms. The number of Topliss-reactive ketones (excluding diaryl/α,β-unsaturated/α-hetero) is 3. The molecule has 0 radical (unpaired) electrons. The Bertz CT molecular complexity index is 3100. The maximum Gasteiger partial charge on any atom is 0.343 e. The average Bonchev–Trinajstić information content (AvgIpc) is 3.34. The van der Waals surface area contributed by atoms with E-state index in [9.17, 15) is 44.1 Å². The Morgan fingerprint density at radius 2 is 0.580 bits per heavy atom. The van der Waals surface area contributed by atoms with Crippen molar-refractivity contribution in [1.29, 1.82) is 0 Å². The van der Waals surface area contributed by atoms with E-state index in [2.05, 4.69) is 0 Å². The number of hydrogen-bond donors (Lipinski definition) is 3. The molecular weight excluding hydrogens is 877 g/mol. The Balaban J connectivity index is 0.000000153. The van der Waals surface area contributed by atoms with Crippen molar-refractivity contribution in [1.82, 2.24) is 0 Å². The summed E-state index contributed by atoms with van der Waals surface area (Å²) in [6.45, 7) is 4.40. The molecule has 0 aliphatic carbocycles. The predicted molar refractivity (Wildman–Crippen MR) is 263 cm³/mol. The van der Waals surface area contributed by atoms with Crippen LogP contribution in [0.15, 0.2) is 191 Å². The number of benzene rings is 6. The minimum absolute atomic E-state index is 0.0641. The molecule has 3 aromatic heterocycles. The molecular formula is C57H48O12. The molecule has 12 nitrogen and oxygen atoms in total. The van der Waals surface area contributed by atoms with Gasteiger partial charge in [-0.15, -0.1) is 0 Å². The van der Waals surface area contributed by atoms with Crippen LogP contribution in [0.25, 0.3) is 32.9 Å². The average molecular weight is 925 g/mol. The third-order valence-corrected chi connectivity index (χ3v) is 11.6. The van der Waals surface area contributed by atoms with Crippen LogP contribution in [-0.2, 0) is 14.4 Å². The Morgan fingerprint density at radius 1 is 0.362 bits per heavy atom. The van der Waals surface area contributed by atoms with Crippen molar-refractivity contribution in [2.24, 2.45) is 0 Å². The van der Waals surface area contributed by atoms with Gasteiger partial charge >= 0.3 is 16.9 Å². The van der Waals surface area contributed by atoms with Crippen LogP contribution in [0.5, 0.6) is 17.2 Å². The summed E-state index contributed by atoms with van der Waals surface area (Å²) in [5.74, 6) is -2.15. The van der Waals surface area contributed by atoms with Crippen LogP contribution in [0.4, 0.5) is 0 Å². The third-order valence-electron chi connectivity index (χ3n) is 11.6. The van der Waals surface area contributed by atoms with Gasteiger partial charge in [0, 0.05) is 37.0 Å². The lowest BCUT2D eigenvalue weighted by Gasteiger charge is -2.17. The number of rotatable bonds is 12. The maximum atomic E-state index is 12.4. The smallest absolute Gasteiger partial charge is 0.343 e. The largest absolute Gasteiger partial charge is 0.507 e. The van der Waals surface area contributed by atoms with Gasteiger partial charge in [-0.05, 0) is 73.9 Å². The first-order valence-corrected chi connectivity index (χ1v) is 22.1. The van der Waals surface area contributed by atoms with Gasteiger partial charge < -0.3 is 28.6 Å². The molecule has 348 valence electrons. The molecule has 3 atom stereocenters. The lowest BCUT2D eigenvalue weighted by molar-refractivity contribution is -0.118. The Kier molecular flexibility index (Phi) is 15.2. The molecule has 0 spiro atoms. The first-order chi connectivity index (χ1) is 33.2. The molecule has 0 aliphatic rings. The van der Waals surface area contributed by atoms with E-state index in [1.807, 2.05) is 91.0 Å². The topological polar surface area (TPSA) is 203 Å². The van der Waals surface area contributed by atoms with Crippen molar-refractivity contribution in [3.63, 3.8) is 0 Å². The van der Waals surface area contributed by atoms with E-state index in [0.717, 1.165) is 16.7 Å². The van der Waals surface area contributed by atoms with E-state index in [4.69, 9.17) is 13.3 Å². The van der Waals surface area contributed by atoms with Crippen molar-refractivity contribution < 1.29 is 43.0 Å². The van der Waals surface area contributed by atoms with Crippen LogP contribution in [0, 0.1) is 0 Å². The summed E-state index contributed by atoms with van der Waals surface area (Å²) in [5, 5.41) is 33.2. The minimum atomic E-state index is -0.615. The van der Waals surface area contributed by atoms with E-state index in [-0.39, 0.29) is 70.6 Å². The van der Waals surface area contributed by atoms with E-state index in [1.165, 1.54) is 20.8 Å². The van der Waals surface area contributed by atoms with Crippen LogP contribution in [0.1, 0.15) is 91.2 Å². The minimum Gasteiger partial charge on any atom is -0.507 e. The molecule has 0 saturated heterocycles. The first-order valence-electron chi connectivity index (χ1n) is 22.1. The van der Waals surface area contributed by atoms with Crippen LogP contribution in [0.3, 0.4) is 0 Å². The molecule has 3 heterocycles. The summed E-state index contributed by atoms with van der Waals surface area (Å²) in [4.78, 5) is 72.3. The van der Waals surface area contributed by atoms with Crippen LogP contribution < -0.4 is 16.9 Å². The predicted octanol–water partition coefficient (Wildman–Crippen LogP) is 10.8. The highest BCUT2D eigenvalue weighted by atomic mass is 16.4. The fourth-order valence-corrected chi connectivity index (χ4v) is 8.44. The highest BCUT2D eigenvalue weighted by molar-refractivity contribution is 5.87. The summed E-state index contributed by atoms with van der Waals surface area (Å²) >= 11 is 0. The highest BCUT2D eigenvalue weighted by Crippen LogP contribution is 2.39. The zero-order valence-corrected chi connectivity index (χ0v) is 38.0. The molecule has 0 fully saturated rings. The number of hydrogen-bond acceptors (Lipinski definition) is 12. The molecule has 3 N–H and O–H groups in total. The third kappa shape index (κ3) is 11.1. The van der Waals surface area contributed by atoms with E-state index < -0.39 is 34.6 Å². The molecule has 0 bridgehead atoms. The first kappa shape index (κ1) is 48.3. The number of carbonyl (C=O) groups excluding carboxylic acids is 3. The second kappa shape index (κ2) is 21.8. The van der Waals surface area contributed by atoms with Gasteiger partial charge in [0.2, 0.25) is 0 Å². The van der Waals surface area contributed by atoms with Gasteiger partial charge in [0.25, 0.3) is 0 Å². The zero-order valence-electron chi connectivity index (χ0n) is 38.0. The number of fused-ring (bicyclic) bond motifs is 3. The fourth-order valence-electron chi connectivity index (χ4n) is 8.44. The molecule has 0 saturated carbocycles. The summed E-state index contributed by atoms with van der Waals surface area (Å²) in [6, 6.07) is 48.0. The molecule has 3 unspecified atom stereocenters. The van der Waals surface area contributed by atoms with E-state index in [0.29, 0.717) is 32.9 Å². The van der Waals surface area contributed by atoms with Gasteiger partial charge in [0.05, 0.1) is 32.8 Å². The Morgan fingerprint density at radius 3 is 0.812 bits per heavy atom. The maximum absolute atomic E-state index is 12.4. The SMILES string of the molecule is CC(=O)CC(c1ccccc1)c1c(O)c2ccccc2oc1=O.CC(=O)CC(c1ccccc1)c1c(O)c2ccccc2oc1=O.CC(=O)CC(c1ccccc1)c1c(O)c2ccccc2oc1=O. The van der Waals surface area contributed by atoms with Gasteiger partial charge in [-0.1, -0.05) is 127 Å². The summed E-state index contributed by atoms with van der Waals surface area (Å²) < 4.78 is 16.0. The highest BCUT2D eigenvalue weighted by Gasteiger charge is 2.28. The molecule has 9 aromatic rings. The zero-order chi connectivity index (χ0) is 49.2. The quantitative estimate of drug-likeness (QED) is 0.0980. The van der Waals surface area contributed by atoms with Gasteiger partial charge in [0.15, 0.2) is 0 Å². The van der Waals surface area contributed by atoms with E-state index in [1.54, 1.807) is 72.8 Å². The molecule has 12 heteroatoms. The fraction of sp³-hybridized carbons (Fsp3) is 0.158. The summed E-state index contributed by atoms with van der Waals surface area (Å²) in [7, 11) is 0. The Hall–Kier alpha value is -8.64. The van der Waals surface area contributed by atoms with Crippen LogP contribution >= 0.6 is 0 Å². The monoisotopic (exact) mass is 924 g/mol. The lowest BCUT2D eigenvalue weighted by atomic mass is 9.87. The number of aromatic hydroxyl groups is 3. The van der Waals surface area contributed by atoms with Gasteiger partial charge in [-0.3, -0.25) is 14.4 Å². The number of carbonyl (C=O) groups is 3. The van der Waals surface area contributed by atoms with Crippen LogP contribution in [-0.4, -0.2) is 32.7 Å². The van der Waals surface area contributed by atoms with E-state index >= 15 is 0 Å². The van der Waals surface area contributed by atoms with Gasteiger partial charge in [-0.2, -0.15) is 0 Å². The van der Waals surface area contributed by atoms with Gasteiger partial charge in [-0.25, -0.2) is 14.4 Å². The van der Waals surface area contributed by atoms with Crippen molar-refractivity contribution >= 4 is 50.3 Å². The summed E-state index contributed by atoms with van der Waals surface area (Å²) in [6.07, 6.45) is 0.377. The number of para-hydroxylation sites is 3. The van der Waals surface area contributed by atoms with Crippen molar-refractivity contribution in [3.8, 4) is 17.2 Å². The second-order valence-corrected chi connectivity index (χ2v) is 16.6. The Labute approximate surface area is 395 Å². The molecule has 6 aromatic carbocycles. The van der Waals surface area contributed by atoms with Crippen molar-refractivity contribution in [2.75, 3.05) is 0 Å². The second-order valence-electron chi connectivity index (χ2n) is 16.6. The molecule has 0 amide bonds. The molecule has 0 aliphatic heterocycles. The standard InChI is InChI=1S/3C19H16O4/c3*1-12(20)11-15(13-7-3-2-4-8-13)17-18(21)14-9-5-6-10-16(14)23-19(17)22/h3*2-10,15,21H,11H2,1H3. The number of ketones is 3. The molecule has 9 rings (SSSR count).